The molecule has 3 aromatic carbocycles. The van der Waals surface area contributed by atoms with E-state index in [4.69, 9.17) is 14.6 Å². The van der Waals surface area contributed by atoms with Gasteiger partial charge in [0, 0.05) is 55.3 Å². The molecule has 0 bridgehead atoms. The van der Waals surface area contributed by atoms with E-state index in [9.17, 15) is 19.5 Å². The Bertz CT molecular complexity index is 1560. The van der Waals surface area contributed by atoms with E-state index in [0.717, 1.165) is 35.5 Å². The van der Waals surface area contributed by atoms with Crippen LogP contribution in [0, 0.1) is 5.92 Å². The first-order chi connectivity index (χ1) is 23.3. The highest BCUT2D eigenvalue weighted by molar-refractivity contribution is 5.93. The van der Waals surface area contributed by atoms with Gasteiger partial charge >= 0.3 is 5.97 Å². The van der Waals surface area contributed by atoms with Crippen LogP contribution in [0.25, 0.3) is 0 Å². The number of amides is 2. The van der Waals surface area contributed by atoms with E-state index >= 15 is 0 Å². The van der Waals surface area contributed by atoms with Gasteiger partial charge in [0.15, 0.2) is 6.29 Å². The van der Waals surface area contributed by atoms with E-state index in [0.29, 0.717) is 31.7 Å². The van der Waals surface area contributed by atoms with Crippen molar-refractivity contribution in [1.82, 2.24) is 10.2 Å². The summed E-state index contributed by atoms with van der Waals surface area (Å²) < 4.78 is 13.3. The summed E-state index contributed by atoms with van der Waals surface area (Å²) in [6.45, 7) is 4.81. The summed E-state index contributed by atoms with van der Waals surface area (Å²) >= 11 is 0. The molecular formula is C37H44N4O7. The second-order valence-corrected chi connectivity index (χ2v) is 13.0. The van der Waals surface area contributed by atoms with E-state index in [1.54, 1.807) is 12.1 Å². The zero-order valence-electron chi connectivity index (χ0n) is 27.2. The Balaban J connectivity index is 1.15. The number of carbonyl (C=O) groups excluding carboxylic acids is 2. The number of benzene rings is 3. The molecule has 3 aliphatic heterocycles. The normalized spacial score (nSPS) is 24.0. The van der Waals surface area contributed by atoms with Crippen LogP contribution in [0.4, 0.5) is 11.4 Å². The van der Waals surface area contributed by atoms with E-state index in [1.807, 2.05) is 54.6 Å². The number of nitrogens with one attached hydrogen (secondary N) is 2. The predicted molar refractivity (Wildman–Crippen MR) is 180 cm³/mol. The molecule has 3 aromatic rings. The third-order valence-electron chi connectivity index (χ3n) is 9.91. The van der Waals surface area contributed by atoms with Crippen molar-refractivity contribution in [2.75, 3.05) is 36.5 Å². The summed E-state index contributed by atoms with van der Waals surface area (Å²) in [4.78, 5) is 40.9. The van der Waals surface area contributed by atoms with E-state index in [1.165, 1.54) is 0 Å². The van der Waals surface area contributed by atoms with Crippen LogP contribution in [0.15, 0.2) is 78.9 Å². The first kappa shape index (κ1) is 33.6. The topological polar surface area (TPSA) is 141 Å². The number of aliphatic carboxylic acids is 1. The maximum absolute atomic E-state index is 13.2. The zero-order chi connectivity index (χ0) is 33.7. The zero-order valence-corrected chi connectivity index (χ0v) is 27.2. The van der Waals surface area contributed by atoms with Gasteiger partial charge in [0.2, 0.25) is 11.8 Å². The Morgan fingerprint density at radius 3 is 2.29 bits per heavy atom. The number of carbonyl (C=O) groups is 3. The van der Waals surface area contributed by atoms with E-state index in [-0.39, 0.29) is 55.8 Å². The highest BCUT2D eigenvalue weighted by Crippen LogP contribution is 2.43. The Morgan fingerprint density at radius 1 is 0.938 bits per heavy atom. The van der Waals surface area contributed by atoms with Crippen molar-refractivity contribution in [1.29, 1.82) is 0 Å². The highest BCUT2D eigenvalue weighted by atomic mass is 16.7. The minimum atomic E-state index is -0.921. The van der Waals surface area contributed by atoms with Crippen molar-refractivity contribution < 1.29 is 34.1 Å². The summed E-state index contributed by atoms with van der Waals surface area (Å²) in [5.41, 5.74) is 3.74. The van der Waals surface area contributed by atoms with Gasteiger partial charge in [-0.25, -0.2) is 0 Å². The number of carboxylic acid groups (broad SMARTS) is 1. The van der Waals surface area contributed by atoms with Crippen molar-refractivity contribution in [2.24, 2.45) is 5.92 Å². The minimum absolute atomic E-state index is 0.0112. The van der Waals surface area contributed by atoms with Gasteiger partial charge in [0.05, 0.1) is 25.5 Å². The molecule has 4 atom stereocenters. The smallest absolute Gasteiger partial charge is 0.303 e. The molecule has 0 unspecified atom stereocenters. The second-order valence-electron chi connectivity index (χ2n) is 13.0. The van der Waals surface area contributed by atoms with Crippen LogP contribution < -0.4 is 15.5 Å². The third kappa shape index (κ3) is 7.39. The second kappa shape index (κ2) is 14.9. The number of likely N-dealkylation sites (tertiary alicyclic amines) is 1. The van der Waals surface area contributed by atoms with Crippen LogP contribution in [0.1, 0.15) is 68.1 Å². The molecule has 3 fully saturated rings. The average Bonchev–Trinajstić information content (AvgIpc) is 3.41. The van der Waals surface area contributed by atoms with E-state index in [2.05, 4.69) is 39.5 Å². The lowest BCUT2D eigenvalue weighted by atomic mass is 9.84. The number of piperidine rings is 1. The molecule has 3 saturated heterocycles. The maximum Gasteiger partial charge on any atom is 0.303 e. The summed E-state index contributed by atoms with van der Waals surface area (Å²) in [6.07, 6.45) is 0.697. The summed E-state index contributed by atoms with van der Waals surface area (Å²) in [7, 11) is 0. The fourth-order valence-corrected chi connectivity index (χ4v) is 7.07. The maximum atomic E-state index is 13.2. The van der Waals surface area contributed by atoms with Gasteiger partial charge in [-0.1, -0.05) is 61.5 Å². The molecule has 0 aromatic heterocycles. The predicted octanol–water partition coefficient (Wildman–Crippen LogP) is 4.59. The fourth-order valence-electron chi connectivity index (χ4n) is 7.07. The molecule has 11 heteroatoms. The summed E-state index contributed by atoms with van der Waals surface area (Å²) in [5.74, 6) is -1.06. The van der Waals surface area contributed by atoms with Crippen molar-refractivity contribution in [3.05, 3.63) is 95.6 Å². The van der Waals surface area contributed by atoms with Gasteiger partial charge in [0.1, 0.15) is 5.54 Å². The number of hydrogen-bond donors (Lipinski definition) is 4. The molecule has 3 aliphatic rings. The summed E-state index contributed by atoms with van der Waals surface area (Å²) in [6, 6.07) is 25.3. The Morgan fingerprint density at radius 2 is 1.62 bits per heavy atom. The number of para-hydroxylation sites is 1. The molecule has 2 amide bonds. The number of hydrogen-bond acceptors (Lipinski definition) is 8. The van der Waals surface area contributed by atoms with Crippen molar-refractivity contribution in [2.45, 2.75) is 69.7 Å². The van der Waals surface area contributed by atoms with Gasteiger partial charge < -0.3 is 40.1 Å². The number of aliphatic hydroxyl groups excluding tert-OH is 1. The molecule has 1 spiro atoms. The monoisotopic (exact) mass is 656 g/mol. The first-order valence-electron chi connectivity index (χ1n) is 16.7. The van der Waals surface area contributed by atoms with Crippen LogP contribution in [-0.4, -0.2) is 70.8 Å². The van der Waals surface area contributed by atoms with Crippen LogP contribution >= 0.6 is 0 Å². The Labute approximate surface area is 280 Å². The number of rotatable bonds is 11. The minimum Gasteiger partial charge on any atom is -0.481 e. The van der Waals surface area contributed by atoms with Crippen molar-refractivity contribution in [3.8, 4) is 0 Å². The largest absolute Gasteiger partial charge is 0.481 e. The molecule has 3 heterocycles. The molecule has 254 valence electrons. The molecule has 0 aliphatic carbocycles. The number of aliphatic hydroxyl groups is 1. The average molecular weight is 657 g/mol. The fraction of sp³-hybridized carbons (Fsp3) is 0.432. The van der Waals surface area contributed by atoms with Crippen LogP contribution in [0.3, 0.4) is 0 Å². The number of ether oxygens (including phenoxy) is 2. The van der Waals surface area contributed by atoms with Crippen LogP contribution in [0.5, 0.6) is 0 Å². The lowest BCUT2D eigenvalue weighted by Crippen LogP contribution is -2.57. The molecule has 6 rings (SSSR count). The summed E-state index contributed by atoms with van der Waals surface area (Å²) in [5, 5.41) is 24.3. The number of nitrogens with zero attached hydrogens (tertiary/aromatic N) is 2. The quantitative estimate of drug-likeness (QED) is 0.233. The van der Waals surface area contributed by atoms with Gasteiger partial charge in [-0.2, -0.15) is 0 Å². The van der Waals surface area contributed by atoms with E-state index < -0.39 is 17.8 Å². The standard InChI is InChI=1S/C37H44N4O7/c1-25-31(22-40-20-18-37(19-21-40)36(46)38-24-41(37)30-6-3-2-4-7-30)47-35(48-34(25)27-12-10-26(23-42)11-13-27)28-14-16-29(17-15-28)39-32(43)8-5-9-33(44)45/h2-4,6-7,10-17,25,31,34-35,42H,5,8-9,18-24H2,1H3,(H,38,46)(H,39,43)(H,44,45)/t25-,31+,34+,35+/m0/s1. The molecule has 0 saturated carbocycles. The molecular weight excluding hydrogens is 612 g/mol. The van der Waals surface area contributed by atoms with Crippen molar-refractivity contribution >= 4 is 29.2 Å². The Kier molecular flexibility index (Phi) is 10.4. The lowest BCUT2D eigenvalue weighted by molar-refractivity contribution is -0.276. The first-order valence-corrected chi connectivity index (χ1v) is 16.7. The van der Waals surface area contributed by atoms with Gasteiger partial charge in [-0.05, 0) is 54.7 Å². The molecule has 48 heavy (non-hydrogen) atoms. The molecule has 4 N–H and O–H groups in total. The number of carboxylic acids is 1. The van der Waals surface area contributed by atoms with Crippen LogP contribution in [0.2, 0.25) is 0 Å². The van der Waals surface area contributed by atoms with Gasteiger partial charge in [-0.3, -0.25) is 14.4 Å². The SMILES string of the molecule is C[C@H]1[C@@H](CN2CCC3(CC2)C(=O)NCN3c2ccccc2)O[C@@H](c2ccc(NC(=O)CCCC(=O)O)cc2)O[C@H]1c1ccc(CO)cc1. The highest BCUT2D eigenvalue weighted by Gasteiger charge is 2.51. The lowest BCUT2D eigenvalue weighted by Gasteiger charge is -2.46. The molecule has 11 nitrogen and oxygen atoms in total. The van der Waals surface area contributed by atoms with Crippen molar-refractivity contribution in [3.63, 3.8) is 0 Å². The van der Waals surface area contributed by atoms with Crippen LogP contribution in [-0.2, 0) is 30.5 Å². The third-order valence-corrected chi connectivity index (χ3v) is 9.91. The van der Waals surface area contributed by atoms with Gasteiger partial charge in [-0.15, -0.1) is 0 Å². The number of anilines is 2. The Hall–Kier alpha value is -4.29. The molecule has 0 radical (unpaired) electrons. The van der Waals surface area contributed by atoms with Gasteiger partial charge in [0.25, 0.3) is 0 Å².